The molecule has 0 saturated carbocycles. The Hall–Kier alpha value is -2.93. The Labute approximate surface area is 174 Å². The molecule has 154 valence electrons. The van der Waals surface area contributed by atoms with E-state index in [1.807, 2.05) is 13.8 Å². The number of hydrogen-bond acceptors (Lipinski definition) is 5. The number of methoxy groups -OCH3 is 3. The largest absolute Gasteiger partial charge is 0.493 e. The molecule has 0 saturated heterocycles. The lowest BCUT2D eigenvalue weighted by atomic mass is 9.86. The Bertz CT molecular complexity index is 949. The fourth-order valence-corrected chi connectivity index (χ4v) is 3.63. The molecule has 8 heteroatoms. The first kappa shape index (κ1) is 20.8. The number of ether oxygens (including phenoxy) is 3. The first-order chi connectivity index (χ1) is 13.7. The van der Waals surface area contributed by atoms with E-state index >= 15 is 0 Å². The molecule has 1 N–H and O–H groups in total. The summed E-state index contributed by atoms with van der Waals surface area (Å²) >= 11 is 6.10. The lowest BCUT2D eigenvalue weighted by Gasteiger charge is -2.20. The first-order valence-electron chi connectivity index (χ1n) is 8.94. The van der Waals surface area contributed by atoms with Crippen LogP contribution >= 0.6 is 11.6 Å². The fourth-order valence-electron chi connectivity index (χ4n) is 3.46. The Morgan fingerprint density at radius 2 is 1.69 bits per heavy atom. The van der Waals surface area contributed by atoms with E-state index in [1.165, 1.54) is 26.2 Å². The van der Waals surface area contributed by atoms with E-state index in [0.29, 0.717) is 33.6 Å². The van der Waals surface area contributed by atoms with Gasteiger partial charge in [0.25, 0.3) is 0 Å². The van der Waals surface area contributed by atoms with Crippen molar-refractivity contribution < 1.29 is 23.8 Å². The third kappa shape index (κ3) is 3.70. The summed E-state index contributed by atoms with van der Waals surface area (Å²) in [6.07, 6.45) is 0. The predicted molar refractivity (Wildman–Crippen MR) is 112 cm³/mol. The van der Waals surface area contributed by atoms with E-state index in [2.05, 4.69) is 5.32 Å². The van der Waals surface area contributed by atoms with Gasteiger partial charge in [0.05, 0.1) is 26.7 Å². The SMILES string of the molecule is COc1cc(NC(=O)CN2C(=O)C(C)(C)c3cc(Cl)ccc32)cc(OC)c1OC. The van der Waals surface area contributed by atoms with Gasteiger partial charge in [-0.25, -0.2) is 0 Å². The molecule has 2 amide bonds. The van der Waals surface area contributed by atoms with Crippen molar-refractivity contribution in [3.8, 4) is 17.2 Å². The van der Waals surface area contributed by atoms with Gasteiger partial charge in [-0.2, -0.15) is 0 Å². The zero-order valence-corrected chi connectivity index (χ0v) is 17.7. The summed E-state index contributed by atoms with van der Waals surface area (Å²) in [6.45, 7) is 3.51. The highest BCUT2D eigenvalue weighted by Gasteiger charge is 2.44. The second kappa shape index (κ2) is 7.83. The molecule has 1 aliphatic heterocycles. The van der Waals surface area contributed by atoms with Crippen LogP contribution < -0.4 is 24.4 Å². The predicted octanol–water partition coefficient (Wildman–Crippen LogP) is 3.63. The summed E-state index contributed by atoms with van der Waals surface area (Å²) in [7, 11) is 4.49. The number of halogens is 1. The molecule has 0 unspecified atom stereocenters. The maximum Gasteiger partial charge on any atom is 0.244 e. The molecule has 0 fully saturated rings. The van der Waals surface area contributed by atoms with Crippen molar-refractivity contribution in [2.75, 3.05) is 38.1 Å². The van der Waals surface area contributed by atoms with E-state index in [0.717, 1.165) is 5.56 Å². The quantitative estimate of drug-likeness (QED) is 0.775. The van der Waals surface area contributed by atoms with Crippen molar-refractivity contribution in [1.29, 1.82) is 0 Å². The smallest absolute Gasteiger partial charge is 0.244 e. The minimum atomic E-state index is -0.757. The molecule has 1 aliphatic rings. The van der Waals surface area contributed by atoms with Crippen LogP contribution in [0.4, 0.5) is 11.4 Å². The number of benzene rings is 2. The third-order valence-electron chi connectivity index (χ3n) is 4.95. The van der Waals surface area contributed by atoms with Gasteiger partial charge in [0, 0.05) is 28.5 Å². The second-order valence-electron chi connectivity index (χ2n) is 7.14. The van der Waals surface area contributed by atoms with Crippen LogP contribution in [0.25, 0.3) is 0 Å². The van der Waals surface area contributed by atoms with E-state index in [1.54, 1.807) is 30.3 Å². The van der Waals surface area contributed by atoms with Crippen molar-refractivity contribution >= 4 is 34.8 Å². The molecular weight excluding hydrogens is 396 g/mol. The number of carbonyl (C=O) groups is 2. The van der Waals surface area contributed by atoms with E-state index in [9.17, 15) is 9.59 Å². The van der Waals surface area contributed by atoms with Crippen LogP contribution in [0.2, 0.25) is 5.02 Å². The Morgan fingerprint density at radius 3 is 2.24 bits per heavy atom. The number of fused-ring (bicyclic) bond motifs is 1. The molecule has 3 rings (SSSR count). The maximum atomic E-state index is 12.9. The van der Waals surface area contributed by atoms with Crippen LogP contribution in [-0.4, -0.2) is 39.7 Å². The number of rotatable bonds is 6. The lowest BCUT2D eigenvalue weighted by molar-refractivity contribution is -0.124. The molecule has 2 aromatic rings. The molecule has 29 heavy (non-hydrogen) atoms. The van der Waals surface area contributed by atoms with Gasteiger partial charge in [-0.3, -0.25) is 9.59 Å². The standard InChI is InChI=1S/C21H23ClN2O5/c1-21(2)14-8-12(22)6-7-15(14)24(20(21)26)11-18(25)23-13-9-16(27-3)19(29-5)17(10-13)28-4/h6-10H,11H2,1-5H3,(H,23,25). The highest BCUT2D eigenvalue weighted by atomic mass is 35.5. The Balaban J connectivity index is 1.84. The highest BCUT2D eigenvalue weighted by Crippen LogP contribution is 2.43. The van der Waals surface area contributed by atoms with Crippen LogP contribution in [0.1, 0.15) is 19.4 Å². The maximum absolute atomic E-state index is 12.9. The van der Waals surface area contributed by atoms with Gasteiger partial charge < -0.3 is 24.4 Å². The lowest BCUT2D eigenvalue weighted by Crippen LogP contribution is -2.40. The topological polar surface area (TPSA) is 77.1 Å². The number of anilines is 2. The van der Waals surface area contributed by atoms with Crippen molar-refractivity contribution in [1.82, 2.24) is 0 Å². The molecule has 0 bridgehead atoms. The number of nitrogens with one attached hydrogen (secondary N) is 1. The molecule has 0 aromatic heterocycles. The van der Waals surface area contributed by atoms with Gasteiger partial charge in [-0.15, -0.1) is 0 Å². The van der Waals surface area contributed by atoms with Crippen LogP contribution in [0.15, 0.2) is 30.3 Å². The molecule has 0 radical (unpaired) electrons. The Morgan fingerprint density at radius 1 is 1.07 bits per heavy atom. The van der Waals surface area contributed by atoms with Gasteiger partial charge in [-0.1, -0.05) is 11.6 Å². The van der Waals surface area contributed by atoms with Gasteiger partial charge in [-0.05, 0) is 37.6 Å². The minimum absolute atomic E-state index is 0.131. The van der Waals surface area contributed by atoms with Gasteiger partial charge in [0.2, 0.25) is 17.6 Å². The van der Waals surface area contributed by atoms with Crippen molar-refractivity contribution in [2.24, 2.45) is 0 Å². The van der Waals surface area contributed by atoms with Crippen LogP contribution in [-0.2, 0) is 15.0 Å². The first-order valence-corrected chi connectivity index (χ1v) is 9.32. The molecule has 0 spiro atoms. The highest BCUT2D eigenvalue weighted by molar-refractivity contribution is 6.31. The van der Waals surface area contributed by atoms with Crippen molar-refractivity contribution in [2.45, 2.75) is 19.3 Å². The summed E-state index contributed by atoms with van der Waals surface area (Å²) in [5.41, 5.74) is 1.19. The normalized spacial score (nSPS) is 14.4. The summed E-state index contributed by atoms with van der Waals surface area (Å²) < 4.78 is 15.9. The van der Waals surface area contributed by atoms with Crippen LogP contribution in [0.3, 0.4) is 0 Å². The zero-order chi connectivity index (χ0) is 21.3. The van der Waals surface area contributed by atoms with Gasteiger partial charge in [0.1, 0.15) is 6.54 Å². The summed E-state index contributed by atoms with van der Waals surface area (Å²) in [6, 6.07) is 8.49. The van der Waals surface area contributed by atoms with Crippen LogP contribution in [0.5, 0.6) is 17.2 Å². The molecule has 0 aliphatic carbocycles. The minimum Gasteiger partial charge on any atom is -0.493 e. The monoisotopic (exact) mass is 418 g/mol. The fraction of sp³-hybridized carbons (Fsp3) is 0.333. The summed E-state index contributed by atoms with van der Waals surface area (Å²) in [5, 5.41) is 3.33. The van der Waals surface area contributed by atoms with E-state index < -0.39 is 5.41 Å². The molecule has 7 nitrogen and oxygen atoms in total. The second-order valence-corrected chi connectivity index (χ2v) is 7.58. The molecule has 1 heterocycles. The number of carbonyl (C=O) groups excluding carboxylic acids is 2. The van der Waals surface area contributed by atoms with Crippen molar-refractivity contribution in [3.63, 3.8) is 0 Å². The van der Waals surface area contributed by atoms with E-state index in [-0.39, 0.29) is 18.4 Å². The average molecular weight is 419 g/mol. The summed E-state index contributed by atoms with van der Waals surface area (Å²) in [4.78, 5) is 27.1. The summed E-state index contributed by atoms with van der Waals surface area (Å²) in [5.74, 6) is 0.748. The molecule has 2 aromatic carbocycles. The van der Waals surface area contributed by atoms with Crippen molar-refractivity contribution in [3.05, 3.63) is 40.9 Å². The molecular formula is C21H23ClN2O5. The third-order valence-corrected chi connectivity index (χ3v) is 5.19. The zero-order valence-electron chi connectivity index (χ0n) is 17.0. The van der Waals surface area contributed by atoms with Crippen LogP contribution in [0, 0.1) is 0 Å². The number of hydrogen-bond donors (Lipinski definition) is 1. The van der Waals surface area contributed by atoms with Gasteiger partial charge >= 0.3 is 0 Å². The number of amides is 2. The average Bonchev–Trinajstić information content (AvgIpc) is 2.87. The van der Waals surface area contributed by atoms with E-state index in [4.69, 9.17) is 25.8 Å². The van der Waals surface area contributed by atoms with Gasteiger partial charge in [0.15, 0.2) is 11.5 Å². The number of nitrogens with zero attached hydrogens (tertiary/aromatic N) is 1. The Kier molecular flexibility index (Phi) is 5.61. The molecule has 0 atom stereocenters.